The van der Waals surface area contributed by atoms with E-state index in [0.717, 1.165) is 22.0 Å². The third-order valence-electron chi connectivity index (χ3n) is 3.82. The molecule has 0 unspecified atom stereocenters. The van der Waals surface area contributed by atoms with Crippen molar-refractivity contribution in [2.24, 2.45) is 5.10 Å². The number of hydrogen-bond acceptors (Lipinski definition) is 3. The van der Waals surface area contributed by atoms with Crippen LogP contribution in [0.5, 0.6) is 0 Å². The second-order valence-corrected chi connectivity index (χ2v) is 5.44. The SMILES string of the molecule is Fc1ccc(Cn2cc(/C=N/n3cnnc3)c3ccccc32)cc1. The number of rotatable bonds is 4. The Morgan fingerprint density at radius 3 is 2.54 bits per heavy atom. The minimum atomic E-state index is -0.224. The molecule has 0 saturated heterocycles. The third-order valence-corrected chi connectivity index (χ3v) is 3.82. The highest BCUT2D eigenvalue weighted by molar-refractivity contribution is 5.99. The van der Waals surface area contributed by atoms with Crippen molar-refractivity contribution >= 4 is 17.1 Å². The molecule has 0 saturated carbocycles. The maximum atomic E-state index is 13.1. The molecule has 0 N–H and O–H groups in total. The first-order valence-corrected chi connectivity index (χ1v) is 7.51. The van der Waals surface area contributed by atoms with Gasteiger partial charge in [-0.1, -0.05) is 30.3 Å². The minimum Gasteiger partial charge on any atom is -0.342 e. The summed E-state index contributed by atoms with van der Waals surface area (Å²) in [5.41, 5.74) is 3.15. The van der Waals surface area contributed by atoms with E-state index in [9.17, 15) is 4.39 Å². The molecular weight excluding hydrogens is 305 g/mol. The van der Waals surface area contributed by atoms with Crippen molar-refractivity contribution in [3.8, 4) is 0 Å². The van der Waals surface area contributed by atoms with Gasteiger partial charge in [-0.05, 0) is 23.8 Å². The average molecular weight is 319 g/mol. The first kappa shape index (κ1) is 14.3. The van der Waals surface area contributed by atoms with Crippen LogP contribution < -0.4 is 0 Å². The smallest absolute Gasteiger partial charge is 0.141 e. The fourth-order valence-electron chi connectivity index (χ4n) is 2.68. The van der Waals surface area contributed by atoms with Gasteiger partial charge < -0.3 is 4.57 Å². The van der Waals surface area contributed by atoms with Crippen molar-refractivity contribution < 1.29 is 4.39 Å². The molecular formula is C18H14FN5. The van der Waals surface area contributed by atoms with Gasteiger partial charge in [-0.25, -0.2) is 9.07 Å². The maximum Gasteiger partial charge on any atom is 0.141 e. The largest absolute Gasteiger partial charge is 0.342 e. The van der Waals surface area contributed by atoms with E-state index >= 15 is 0 Å². The molecule has 6 heteroatoms. The molecule has 0 aliphatic heterocycles. The molecule has 0 radical (unpaired) electrons. The summed E-state index contributed by atoms with van der Waals surface area (Å²) in [6, 6.07) is 14.7. The van der Waals surface area contributed by atoms with E-state index in [1.165, 1.54) is 24.8 Å². The minimum absolute atomic E-state index is 0.224. The van der Waals surface area contributed by atoms with Crippen molar-refractivity contribution in [3.05, 3.63) is 84.3 Å². The lowest BCUT2D eigenvalue weighted by Gasteiger charge is -2.05. The Kier molecular flexibility index (Phi) is 3.63. The summed E-state index contributed by atoms with van der Waals surface area (Å²) in [5.74, 6) is -0.224. The molecule has 0 aliphatic carbocycles. The third kappa shape index (κ3) is 2.81. The van der Waals surface area contributed by atoms with Crippen molar-refractivity contribution in [1.82, 2.24) is 19.4 Å². The predicted octanol–water partition coefficient (Wildman–Crippen LogP) is 3.30. The van der Waals surface area contributed by atoms with Gasteiger partial charge in [0, 0.05) is 29.2 Å². The standard InChI is InChI=1S/C18H14FN5/c19-16-7-5-14(6-8-16)10-23-11-15(9-22-24-12-20-21-13-24)17-3-1-2-4-18(17)23/h1-9,11-13H,10H2/b22-9+. The van der Waals surface area contributed by atoms with Crippen molar-refractivity contribution in [2.45, 2.75) is 6.54 Å². The van der Waals surface area contributed by atoms with Gasteiger partial charge in [-0.15, -0.1) is 10.2 Å². The fraction of sp³-hybridized carbons (Fsp3) is 0.0556. The van der Waals surface area contributed by atoms with Gasteiger partial charge in [-0.2, -0.15) is 5.10 Å². The number of aromatic nitrogens is 4. The van der Waals surface area contributed by atoms with E-state index in [1.807, 2.05) is 18.3 Å². The van der Waals surface area contributed by atoms with E-state index in [4.69, 9.17) is 0 Å². The highest BCUT2D eigenvalue weighted by atomic mass is 19.1. The molecule has 0 atom stereocenters. The summed E-state index contributed by atoms with van der Waals surface area (Å²) in [7, 11) is 0. The Morgan fingerprint density at radius 2 is 1.75 bits per heavy atom. The molecule has 2 aromatic heterocycles. The van der Waals surface area contributed by atoms with Gasteiger partial charge in [0.25, 0.3) is 0 Å². The number of fused-ring (bicyclic) bond motifs is 1. The van der Waals surface area contributed by atoms with Crippen LogP contribution in [0.25, 0.3) is 10.9 Å². The molecule has 0 amide bonds. The Bertz CT molecular complexity index is 984. The van der Waals surface area contributed by atoms with Gasteiger partial charge in [0.1, 0.15) is 18.5 Å². The van der Waals surface area contributed by atoms with Gasteiger partial charge >= 0.3 is 0 Å². The number of hydrogen-bond donors (Lipinski definition) is 0. The maximum absolute atomic E-state index is 13.1. The van der Waals surface area contributed by atoms with E-state index in [-0.39, 0.29) is 5.82 Å². The van der Waals surface area contributed by atoms with Crippen LogP contribution in [0.4, 0.5) is 4.39 Å². The first-order chi connectivity index (χ1) is 11.8. The second kappa shape index (κ2) is 6.08. The monoisotopic (exact) mass is 319 g/mol. The van der Waals surface area contributed by atoms with Crippen LogP contribution >= 0.6 is 0 Å². The molecule has 4 rings (SSSR count). The Balaban J connectivity index is 1.72. The summed E-state index contributed by atoms with van der Waals surface area (Å²) < 4.78 is 16.8. The predicted molar refractivity (Wildman–Crippen MR) is 90.5 cm³/mol. The zero-order valence-corrected chi connectivity index (χ0v) is 12.7. The average Bonchev–Trinajstić information content (AvgIpc) is 3.24. The molecule has 2 heterocycles. The topological polar surface area (TPSA) is 48.0 Å². The van der Waals surface area contributed by atoms with E-state index in [1.54, 1.807) is 23.0 Å². The molecule has 0 fully saturated rings. The second-order valence-electron chi connectivity index (χ2n) is 5.44. The number of nitrogens with zero attached hydrogens (tertiary/aromatic N) is 5. The summed E-state index contributed by atoms with van der Waals surface area (Å²) >= 11 is 0. The van der Waals surface area contributed by atoms with Gasteiger partial charge in [0.2, 0.25) is 0 Å². The summed E-state index contributed by atoms with van der Waals surface area (Å²) in [6.45, 7) is 0.668. The molecule has 24 heavy (non-hydrogen) atoms. The molecule has 5 nitrogen and oxygen atoms in total. The van der Waals surface area contributed by atoms with Crippen LogP contribution in [-0.4, -0.2) is 25.7 Å². The Hall–Kier alpha value is -3.28. The van der Waals surface area contributed by atoms with Crippen LogP contribution in [0.1, 0.15) is 11.1 Å². The Morgan fingerprint density at radius 1 is 1.00 bits per heavy atom. The molecule has 2 aromatic carbocycles. The van der Waals surface area contributed by atoms with E-state index in [2.05, 4.69) is 32.0 Å². The zero-order chi connectivity index (χ0) is 16.4. The molecule has 4 aromatic rings. The summed E-state index contributed by atoms with van der Waals surface area (Å²) in [6.07, 6.45) is 6.90. The lowest BCUT2D eigenvalue weighted by Crippen LogP contribution is -1.97. The lowest BCUT2D eigenvalue weighted by molar-refractivity contribution is 0.626. The molecule has 0 bridgehead atoms. The normalized spacial score (nSPS) is 11.5. The lowest BCUT2D eigenvalue weighted by atomic mass is 10.2. The quantitative estimate of drug-likeness (QED) is 0.542. The van der Waals surface area contributed by atoms with Crippen LogP contribution in [0.2, 0.25) is 0 Å². The molecule has 0 aliphatic rings. The highest BCUT2D eigenvalue weighted by Crippen LogP contribution is 2.21. The van der Waals surface area contributed by atoms with Crippen LogP contribution in [0.15, 0.2) is 72.5 Å². The fourth-order valence-corrected chi connectivity index (χ4v) is 2.68. The van der Waals surface area contributed by atoms with E-state index < -0.39 is 0 Å². The number of benzene rings is 2. The van der Waals surface area contributed by atoms with Crippen molar-refractivity contribution in [2.75, 3.05) is 0 Å². The van der Waals surface area contributed by atoms with Gasteiger partial charge in [-0.3, -0.25) is 0 Å². The van der Waals surface area contributed by atoms with Crippen molar-refractivity contribution in [1.29, 1.82) is 0 Å². The van der Waals surface area contributed by atoms with Crippen LogP contribution in [0.3, 0.4) is 0 Å². The number of para-hydroxylation sites is 1. The Labute approximate surface area is 137 Å². The molecule has 0 spiro atoms. The first-order valence-electron chi connectivity index (χ1n) is 7.51. The van der Waals surface area contributed by atoms with Gasteiger partial charge in [0.05, 0.1) is 6.21 Å². The zero-order valence-electron chi connectivity index (χ0n) is 12.7. The van der Waals surface area contributed by atoms with Crippen LogP contribution in [-0.2, 0) is 6.54 Å². The summed E-state index contributed by atoms with van der Waals surface area (Å²) in [4.78, 5) is 0. The highest BCUT2D eigenvalue weighted by Gasteiger charge is 2.07. The van der Waals surface area contributed by atoms with Crippen LogP contribution in [0, 0.1) is 5.82 Å². The summed E-state index contributed by atoms with van der Waals surface area (Å²) in [5, 5.41) is 12.9. The van der Waals surface area contributed by atoms with E-state index in [0.29, 0.717) is 6.54 Å². The number of halogens is 1. The van der Waals surface area contributed by atoms with Crippen molar-refractivity contribution in [3.63, 3.8) is 0 Å². The van der Waals surface area contributed by atoms with Gasteiger partial charge in [0.15, 0.2) is 0 Å². The molecule has 118 valence electrons.